The zero-order chi connectivity index (χ0) is 9.19. The smallest absolute Gasteiger partial charge is 0.219 e. The Morgan fingerprint density at radius 3 is 2.50 bits per heavy atom. The van der Waals surface area contributed by atoms with Crippen LogP contribution >= 0.6 is 11.6 Å². The maximum atomic E-state index is 5.67. The van der Waals surface area contributed by atoms with E-state index in [-0.39, 0.29) is 0 Å². The number of hydrogen-bond acceptors (Lipinski definition) is 2. The van der Waals surface area contributed by atoms with Gasteiger partial charge in [-0.1, -0.05) is 17.7 Å². The van der Waals surface area contributed by atoms with Crippen molar-refractivity contribution in [1.82, 2.24) is 4.98 Å². The van der Waals surface area contributed by atoms with Crippen LogP contribution in [-0.2, 0) is 4.43 Å². The van der Waals surface area contributed by atoms with Crippen molar-refractivity contribution in [2.24, 2.45) is 0 Å². The van der Waals surface area contributed by atoms with Crippen molar-refractivity contribution in [3.05, 3.63) is 23.5 Å². The fraction of sp³-hybridized carbons (Fsp3) is 0.375. The third kappa shape index (κ3) is 2.06. The van der Waals surface area contributed by atoms with E-state index in [1.807, 2.05) is 6.07 Å². The van der Waals surface area contributed by atoms with Gasteiger partial charge in [0.15, 0.2) is 0 Å². The molecule has 0 amide bonds. The summed E-state index contributed by atoms with van der Waals surface area (Å²) in [4.78, 5) is 4.01. The van der Waals surface area contributed by atoms with E-state index in [1.165, 1.54) is 0 Å². The predicted octanol–water partition coefficient (Wildman–Crippen LogP) is 1.79. The van der Waals surface area contributed by atoms with E-state index in [2.05, 4.69) is 18.1 Å². The van der Waals surface area contributed by atoms with Crippen molar-refractivity contribution in [1.29, 1.82) is 0 Å². The molecule has 0 atom stereocenters. The molecule has 2 nitrogen and oxygen atoms in total. The Balaban J connectivity index is 2.96. The second-order valence-corrected chi connectivity index (χ2v) is 7.48. The van der Waals surface area contributed by atoms with Crippen LogP contribution in [0.25, 0.3) is 0 Å². The fourth-order valence-corrected chi connectivity index (χ4v) is 2.06. The molecule has 0 saturated heterocycles. The molecule has 0 spiro atoms. The second kappa shape index (κ2) is 3.56. The highest BCUT2D eigenvalue weighted by Gasteiger charge is 2.23. The molecule has 0 bridgehead atoms. The van der Waals surface area contributed by atoms with E-state index in [4.69, 9.17) is 16.0 Å². The Labute approximate surface area is 78.7 Å². The molecule has 1 aromatic rings. The lowest BCUT2D eigenvalue weighted by Crippen LogP contribution is -2.43. The summed E-state index contributed by atoms with van der Waals surface area (Å²) in [5.41, 5.74) is 0. The topological polar surface area (TPSA) is 22.1 Å². The number of pyridine rings is 1. The van der Waals surface area contributed by atoms with Gasteiger partial charge in [-0.05, 0) is 24.3 Å². The fourth-order valence-electron chi connectivity index (χ4n) is 0.850. The molecule has 0 unspecified atom stereocenters. The molecule has 0 fully saturated rings. The molecule has 0 saturated carbocycles. The Bertz CT molecular complexity index is 260. The van der Waals surface area contributed by atoms with E-state index in [1.54, 1.807) is 19.4 Å². The summed E-state index contributed by atoms with van der Waals surface area (Å²) in [6.07, 6.45) is 1.79. The van der Waals surface area contributed by atoms with Gasteiger partial charge >= 0.3 is 0 Å². The maximum Gasteiger partial charge on any atom is 0.219 e. The Morgan fingerprint density at radius 2 is 2.08 bits per heavy atom. The highest BCUT2D eigenvalue weighted by Crippen LogP contribution is 2.05. The molecule has 0 aliphatic rings. The van der Waals surface area contributed by atoms with Crippen LogP contribution in [0.5, 0.6) is 0 Å². The average molecular weight is 202 g/mol. The van der Waals surface area contributed by atoms with Gasteiger partial charge < -0.3 is 4.43 Å². The van der Waals surface area contributed by atoms with Crippen LogP contribution in [0.3, 0.4) is 0 Å². The van der Waals surface area contributed by atoms with E-state index in [0.29, 0.717) is 5.15 Å². The summed E-state index contributed by atoms with van der Waals surface area (Å²) < 4.78 is 5.42. The molecule has 0 aliphatic heterocycles. The van der Waals surface area contributed by atoms with Crippen molar-refractivity contribution in [2.75, 3.05) is 7.11 Å². The Kier molecular flexibility index (Phi) is 2.88. The zero-order valence-electron chi connectivity index (χ0n) is 7.47. The summed E-state index contributed by atoms with van der Waals surface area (Å²) in [6, 6.07) is 3.77. The zero-order valence-corrected chi connectivity index (χ0v) is 9.22. The summed E-state index contributed by atoms with van der Waals surface area (Å²) >= 11 is 5.67. The van der Waals surface area contributed by atoms with E-state index < -0.39 is 8.32 Å². The lowest BCUT2D eigenvalue weighted by molar-refractivity contribution is 0.416. The first-order valence-corrected chi connectivity index (χ1v) is 7.02. The maximum absolute atomic E-state index is 5.67. The lowest BCUT2D eigenvalue weighted by atomic mass is 10.5. The highest BCUT2D eigenvalue weighted by molar-refractivity contribution is 6.84. The first kappa shape index (κ1) is 9.70. The largest absolute Gasteiger partial charge is 0.416 e. The van der Waals surface area contributed by atoms with Gasteiger partial charge in [0.25, 0.3) is 0 Å². The summed E-state index contributed by atoms with van der Waals surface area (Å²) in [6.45, 7) is 4.25. The van der Waals surface area contributed by atoms with Gasteiger partial charge in [0.2, 0.25) is 8.32 Å². The minimum atomic E-state index is -1.70. The van der Waals surface area contributed by atoms with Crippen LogP contribution in [0.4, 0.5) is 0 Å². The second-order valence-electron chi connectivity index (χ2n) is 3.08. The lowest BCUT2D eigenvalue weighted by Gasteiger charge is -2.19. The first-order chi connectivity index (χ1) is 5.56. The summed E-state index contributed by atoms with van der Waals surface area (Å²) in [7, 11) is 0.0395. The average Bonchev–Trinajstić information content (AvgIpc) is 2.05. The van der Waals surface area contributed by atoms with Gasteiger partial charge in [0, 0.05) is 13.3 Å². The summed E-state index contributed by atoms with van der Waals surface area (Å²) in [5, 5.41) is 1.69. The van der Waals surface area contributed by atoms with Gasteiger partial charge in [0.1, 0.15) is 5.15 Å². The SMILES string of the molecule is CO[Si](C)(C)c1ccc(Cl)nc1. The van der Waals surface area contributed by atoms with Gasteiger partial charge in [-0.25, -0.2) is 4.98 Å². The van der Waals surface area contributed by atoms with Crippen LogP contribution in [0, 0.1) is 0 Å². The molecule has 1 aromatic heterocycles. The molecular formula is C8H12ClNOSi. The number of aromatic nitrogens is 1. The molecule has 1 heterocycles. The van der Waals surface area contributed by atoms with Crippen molar-refractivity contribution >= 4 is 25.1 Å². The van der Waals surface area contributed by atoms with Crippen LogP contribution in [0.2, 0.25) is 18.2 Å². The van der Waals surface area contributed by atoms with Crippen LogP contribution in [0.1, 0.15) is 0 Å². The highest BCUT2D eigenvalue weighted by atomic mass is 35.5. The number of hydrogen-bond donors (Lipinski definition) is 0. The Hall–Kier alpha value is -0.383. The van der Waals surface area contributed by atoms with Crippen LogP contribution < -0.4 is 5.19 Å². The van der Waals surface area contributed by atoms with Gasteiger partial charge in [-0.2, -0.15) is 0 Å². The predicted molar refractivity (Wildman–Crippen MR) is 53.4 cm³/mol. The first-order valence-electron chi connectivity index (χ1n) is 3.73. The van der Waals surface area contributed by atoms with E-state index in [9.17, 15) is 0 Å². The van der Waals surface area contributed by atoms with Crippen molar-refractivity contribution in [3.63, 3.8) is 0 Å². The van der Waals surface area contributed by atoms with Crippen LogP contribution in [-0.4, -0.2) is 20.4 Å². The molecule has 0 N–H and O–H groups in total. The molecule has 1 rings (SSSR count). The van der Waals surface area contributed by atoms with Crippen molar-refractivity contribution < 1.29 is 4.43 Å². The third-order valence-electron chi connectivity index (χ3n) is 1.93. The van der Waals surface area contributed by atoms with Crippen molar-refractivity contribution in [2.45, 2.75) is 13.1 Å². The Morgan fingerprint density at radius 1 is 1.42 bits per heavy atom. The minimum Gasteiger partial charge on any atom is -0.416 e. The molecule has 66 valence electrons. The number of halogens is 1. The van der Waals surface area contributed by atoms with E-state index in [0.717, 1.165) is 5.19 Å². The standard InChI is InChI=1S/C8H12ClNOSi/c1-11-12(2,3)7-4-5-8(9)10-6-7/h4-6H,1-3H3. The van der Waals surface area contributed by atoms with Gasteiger partial charge in [0.05, 0.1) is 0 Å². The van der Waals surface area contributed by atoms with E-state index >= 15 is 0 Å². The van der Waals surface area contributed by atoms with Gasteiger partial charge in [-0.3, -0.25) is 0 Å². The van der Waals surface area contributed by atoms with Crippen LogP contribution in [0.15, 0.2) is 18.3 Å². The van der Waals surface area contributed by atoms with Crippen molar-refractivity contribution in [3.8, 4) is 0 Å². The molecular weight excluding hydrogens is 190 g/mol. The molecule has 4 heteroatoms. The molecule has 0 radical (unpaired) electrons. The number of rotatable bonds is 2. The molecule has 0 aromatic carbocycles. The summed E-state index contributed by atoms with van der Waals surface area (Å²) in [5.74, 6) is 0. The monoisotopic (exact) mass is 201 g/mol. The number of nitrogens with zero attached hydrogens (tertiary/aromatic N) is 1. The quantitative estimate of drug-likeness (QED) is 0.538. The molecule has 0 aliphatic carbocycles. The van der Waals surface area contributed by atoms with Gasteiger partial charge in [-0.15, -0.1) is 0 Å². The normalized spacial score (nSPS) is 11.7. The molecule has 12 heavy (non-hydrogen) atoms. The minimum absolute atomic E-state index is 0.527. The third-order valence-corrected chi connectivity index (χ3v) is 4.86.